The molecule has 0 saturated heterocycles. The van der Waals surface area contributed by atoms with Crippen LogP contribution in [0.3, 0.4) is 0 Å². The minimum absolute atomic E-state index is 0. The molecule has 0 unspecified atom stereocenters. The van der Waals surface area contributed by atoms with Gasteiger partial charge in [0.25, 0.3) is 0 Å². The first-order valence-corrected chi connectivity index (χ1v) is 9.76. The van der Waals surface area contributed by atoms with Gasteiger partial charge in [0.15, 0.2) is 11.5 Å². The average molecular weight is 426 g/mol. The van der Waals surface area contributed by atoms with Gasteiger partial charge in [0.2, 0.25) is 0 Å². The van der Waals surface area contributed by atoms with Gasteiger partial charge in [0.05, 0.1) is 12.1 Å². The summed E-state index contributed by atoms with van der Waals surface area (Å²) in [5, 5.41) is 4.20. The highest BCUT2D eigenvalue weighted by Crippen LogP contribution is 2.37. The van der Waals surface area contributed by atoms with Gasteiger partial charge in [0, 0.05) is 12.1 Å². The summed E-state index contributed by atoms with van der Waals surface area (Å²) in [6, 6.07) is 14.0. The van der Waals surface area contributed by atoms with Gasteiger partial charge in [-0.2, -0.15) is 0 Å². The monoisotopic (exact) mass is 425 g/mol. The van der Waals surface area contributed by atoms with Gasteiger partial charge in [-0.1, -0.05) is 62.7 Å². The fourth-order valence-electron chi connectivity index (χ4n) is 3.47. The molecule has 28 heavy (non-hydrogen) atoms. The highest BCUT2D eigenvalue weighted by atomic mass is 35.5. The van der Waals surface area contributed by atoms with Gasteiger partial charge < -0.3 is 14.8 Å². The van der Waals surface area contributed by atoms with E-state index in [0.29, 0.717) is 23.1 Å². The van der Waals surface area contributed by atoms with E-state index in [2.05, 4.69) is 39.9 Å². The Labute approximate surface area is 181 Å². The molecule has 0 bridgehead atoms. The number of hydrogen-bond donors (Lipinski definition) is 1. The molecule has 0 aliphatic carbocycles. The summed E-state index contributed by atoms with van der Waals surface area (Å²) in [6.07, 6.45) is 1.07. The predicted molar refractivity (Wildman–Crippen MR) is 121 cm³/mol. The van der Waals surface area contributed by atoms with Gasteiger partial charge in [-0.3, -0.25) is 0 Å². The number of ether oxygens (including phenoxy) is 2. The van der Waals surface area contributed by atoms with E-state index >= 15 is 0 Å². The molecule has 0 aromatic heterocycles. The Morgan fingerprint density at radius 3 is 2.18 bits per heavy atom. The zero-order valence-corrected chi connectivity index (χ0v) is 19.3. The molecule has 0 aliphatic heterocycles. The van der Waals surface area contributed by atoms with Gasteiger partial charge >= 0.3 is 0 Å². The normalized spacial score (nSPS) is 11.7. The summed E-state index contributed by atoms with van der Waals surface area (Å²) >= 11 is 6.50. The molecule has 156 valence electrons. The zero-order chi connectivity index (χ0) is 20.1. The van der Waals surface area contributed by atoms with Crippen LogP contribution in [0, 0.1) is 5.41 Å². The largest absolute Gasteiger partial charge is 0.493 e. The van der Waals surface area contributed by atoms with Crippen molar-refractivity contribution in [3.05, 3.63) is 58.6 Å². The molecule has 3 nitrogen and oxygen atoms in total. The lowest BCUT2D eigenvalue weighted by atomic mass is 9.82. The lowest BCUT2D eigenvalue weighted by Gasteiger charge is -2.33. The Morgan fingerprint density at radius 2 is 1.61 bits per heavy atom. The lowest BCUT2D eigenvalue weighted by Crippen LogP contribution is -2.41. The Morgan fingerprint density at radius 1 is 0.964 bits per heavy atom. The number of benzene rings is 2. The van der Waals surface area contributed by atoms with E-state index in [4.69, 9.17) is 21.1 Å². The molecule has 0 saturated carbocycles. The van der Waals surface area contributed by atoms with Crippen LogP contribution in [-0.2, 0) is 13.2 Å². The summed E-state index contributed by atoms with van der Waals surface area (Å²) < 4.78 is 11.5. The first-order chi connectivity index (χ1) is 12.6. The smallest absolute Gasteiger partial charge is 0.180 e. The summed E-state index contributed by atoms with van der Waals surface area (Å²) in [6.45, 7) is 12.4. The van der Waals surface area contributed by atoms with E-state index in [9.17, 15) is 0 Å². The molecule has 5 heteroatoms. The van der Waals surface area contributed by atoms with Crippen molar-refractivity contribution in [2.75, 3.05) is 7.11 Å². The fraction of sp³-hybridized carbons (Fsp3) is 0.478. The van der Waals surface area contributed by atoms with Crippen molar-refractivity contribution in [3.8, 4) is 11.5 Å². The molecule has 2 aromatic carbocycles. The third-order valence-corrected chi connectivity index (χ3v) is 4.54. The molecule has 0 atom stereocenters. The minimum atomic E-state index is 0. The summed E-state index contributed by atoms with van der Waals surface area (Å²) in [4.78, 5) is 0. The number of hydrogen-bond acceptors (Lipinski definition) is 3. The van der Waals surface area contributed by atoms with Crippen molar-refractivity contribution in [3.63, 3.8) is 0 Å². The van der Waals surface area contributed by atoms with Crippen LogP contribution in [0.4, 0.5) is 0 Å². The van der Waals surface area contributed by atoms with Gasteiger partial charge in [0.1, 0.15) is 6.61 Å². The van der Waals surface area contributed by atoms with Crippen LogP contribution in [0.15, 0.2) is 42.5 Å². The fourth-order valence-corrected chi connectivity index (χ4v) is 3.76. The Kier molecular flexibility index (Phi) is 9.13. The van der Waals surface area contributed by atoms with Crippen LogP contribution in [0.25, 0.3) is 0 Å². The second-order valence-electron chi connectivity index (χ2n) is 8.86. The quantitative estimate of drug-likeness (QED) is 0.512. The summed E-state index contributed by atoms with van der Waals surface area (Å²) in [7, 11) is 1.64. The van der Waals surface area contributed by atoms with E-state index in [1.807, 2.05) is 42.5 Å². The second kappa shape index (κ2) is 10.4. The Balaban J connectivity index is 0.00000392. The van der Waals surface area contributed by atoms with Gasteiger partial charge in [-0.15, -0.1) is 12.4 Å². The first kappa shape index (κ1) is 24.6. The highest BCUT2D eigenvalue weighted by Gasteiger charge is 2.25. The maximum absolute atomic E-state index is 6.50. The molecule has 0 amide bonds. The van der Waals surface area contributed by atoms with Crippen molar-refractivity contribution in [2.24, 2.45) is 5.41 Å². The van der Waals surface area contributed by atoms with Gasteiger partial charge in [-0.05, 0) is 48.9 Å². The predicted octanol–water partition coefficient (Wildman–Crippen LogP) is 6.65. The number of halogens is 2. The minimum Gasteiger partial charge on any atom is -0.493 e. The third-order valence-electron chi connectivity index (χ3n) is 4.26. The first-order valence-electron chi connectivity index (χ1n) is 9.38. The van der Waals surface area contributed by atoms with Crippen LogP contribution in [0.1, 0.15) is 52.2 Å². The number of methoxy groups -OCH3 is 1. The molecule has 0 heterocycles. The second-order valence-corrected chi connectivity index (χ2v) is 9.27. The third kappa shape index (κ3) is 7.90. The molecule has 1 N–H and O–H groups in total. The molecule has 0 radical (unpaired) electrons. The van der Waals surface area contributed by atoms with E-state index in [-0.39, 0.29) is 23.4 Å². The van der Waals surface area contributed by atoms with Crippen LogP contribution in [-0.4, -0.2) is 12.6 Å². The maximum Gasteiger partial charge on any atom is 0.180 e. The summed E-state index contributed by atoms with van der Waals surface area (Å²) in [5.74, 6) is 1.24. The molecule has 2 rings (SSSR count). The van der Waals surface area contributed by atoms with Gasteiger partial charge in [-0.25, -0.2) is 0 Å². The van der Waals surface area contributed by atoms with Crippen molar-refractivity contribution >= 4 is 24.0 Å². The Bertz CT molecular complexity index is 740. The molecular formula is C23H33Cl2NO2. The van der Waals surface area contributed by atoms with Crippen LogP contribution in [0.2, 0.25) is 5.02 Å². The molecule has 0 fully saturated rings. The van der Waals surface area contributed by atoms with Crippen LogP contribution < -0.4 is 14.8 Å². The highest BCUT2D eigenvalue weighted by molar-refractivity contribution is 6.32. The molecular weight excluding hydrogens is 393 g/mol. The molecule has 2 aromatic rings. The zero-order valence-electron chi connectivity index (χ0n) is 17.8. The average Bonchev–Trinajstić information content (AvgIpc) is 2.57. The standard InChI is InChI=1S/C23H32ClNO2.ClH/c1-22(2,3)16-23(4,5)25-14-18-12-19(24)21(20(13-18)26-6)27-15-17-10-8-7-9-11-17;/h7-13,25H,14-16H2,1-6H3;1H. The summed E-state index contributed by atoms with van der Waals surface area (Å²) in [5.41, 5.74) is 2.46. The number of rotatable bonds is 8. The van der Waals surface area contributed by atoms with Crippen LogP contribution in [0.5, 0.6) is 11.5 Å². The van der Waals surface area contributed by atoms with Crippen molar-refractivity contribution < 1.29 is 9.47 Å². The topological polar surface area (TPSA) is 30.5 Å². The molecule has 0 spiro atoms. The van der Waals surface area contributed by atoms with E-state index in [1.165, 1.54) is 0 Å². The van der Waals surface area contributed by atoms with E-state index in [1.54, 1.807) is 7.11 Å². The van der Waals surface area contributed by atoms with E-state index in [0.717, 1.165) is 24.1 Å². The van der Waals surface area contributed by atoms with Crippen molar-refractivity contribution in [1.29, 1.82) is 0 Å². The van der Waals surface area contributed by atoms with E-state index < -0.39 is 0 Å². The maximum atomic E-state index is 6.50. The Hall–Kier alpha value is -1.42. The van der Waals surface area contributed by atoms with Crippen molar-refractivity contribution in [1.82, 2.24) is 5.32 Å². The SMILES string of the molecule is COc1cc(CNC(C)(C)CC(C)(C)C)cc(Cl)c1OCc1ccccc1.Cl. The van der Waals surface area contributed by atoms with Crippen molar-refractivity contribution in [2.45, 2.75) is 59.7 Å². The molecule has 0 aliphatic rings. The number of nitrogens with one attached hydrogen (secondary N) is 1. The van der Waals surface area contributed by atoms with Crippen LogP contribution >= 0.6 is 24.0 Å². The lowest BCUT2D eigenvalue weighted by molar-refractivity contribution is 0.240.